The molecular weight excluding hydrogens is 234 g/mol. The van der Waals surface area contributed by atoms with E-state index >= 15 is 0 Å². The van der Waals surface area contributed by atoms with E-state index in [-0.39, 0.29) is 5.92 Å². The molecule has 0 spiro atoms. The van der Waals surface area contributed by atoms with E-state index < -0.39 is 0 Å². The van der Waals surface area contributed by atoms with E-state index in [1.54, 1.807) is 0 Å². The Balaban J connectivity index is 3.30. The summed E-state index contributed by atoms with van der Waals surface area (Å²) in [5.41, 5.74) is 0. The van der Waals surface area contributed by atoms with Crippen molar-refractivity contribution in [2.75, 3.05) is 13.6 Å². The first kappa shape index (κ1) is 18.6. The fourth-order valence-electron chi connectivity index (χ4n) is 2.10. The Kier molecular flexibility index (Phi) is 11.2. The zero-order chi connectivity index (χ0) is 14.7. The number of nitrogens with zero attached hydrogens (tertiary/aromatic N) is 1. The predicted octanol–water partition coefficient (Wildman–Crippen LogP) is 4.67. The number of hydrogen-bond donors (Lipinski definition) is 0. The van der Waals surface area contributed by atoms with E-state index in [0.29, 0.717) is 11.8 Å². The molecule has 2 nitrogen and oxygen atoms in total. The summed E-state index contributed by atoms with van der Waals surface area (Å²) in [6.45, 7) is 9.84. The lowest BCUT2D eigenvalue weighted by Gasteiger charge is -2.20. The summed E-state index contributed by atoms with van der Waals surface area (Å²) in [7, 11) is 2.20. The maximum atomic E-state index is 11.6. The molecule has 0 aliphatic rings. The summed E-state index contributed by atoms with van der Waals surface area (Å²) in [6.07, 6.45) is 9.35. The van der Waals surface area contributed by atoms with Crippen LogP contribution in [0.4, 0.5) is 0 Å². The molecule has 0 saturated heterocycles. The van der Waals surface area contributed by atoms with Gasteiger partial charge in [0.15, 0.2) is 0 Å². The van der Waals surface area contributed by atoms with Crippen LogP contribution in [0, 0.1) is 5.92 Å². The van der Waals surface area contributed by atoms with Gasteiger partial charge in [-0.25, -0.2) is 0 Å². The molecule has 2 heteroatoms. The molecule has 0 aromatic carbocycles. The van der Waals surface area contributed by atoms with Crippen molar-refractivity contribution in [1.29, 1.82) is 0 Å². The highest BCUT2D eigenvalue weighted by molar-refractivity contribution is 5.80. The fraction of sp³-hybridized carbons (Fsp3) is 0.941. The zero-order valence-corrected chi connectivity index (χ0v) is 13.9. The molecule has 0 aliphatic carbocycles. The molecule has 1 atom stereocenters. The Hall–Kier alpha value is -0.370. The average Bonchev–Trinajstić information content (AvgIpc) is 2.39. The molecule has 19 heavy (non-hydrogen) atoms. The quantitative estimate of drug-likeness (QED) is 0.480. The first-order chi connectivity index (χ1) is 8.99. The SMILES string of the molecule is CCC(C)C(=O)CCCCCCCCN(C)C(C)C. The molecule has 0 radical (unpaired) electrons. The molecule has 0 aliphatic heterocycles. The number of Topliss-reactive ketones (excluding diaryl/α,β-unsaturated/α-hetero) is 1. The molecule has 0 rings (SSSR count). The molecule has 0 aromatic heterocycles. The Morgan fingerprint density at radius 1 is 0.947 bits per heavy atom. The molecular formula is C17H35NO. The summed E-state index contributed by atoms with van der Waals surface area (Å²) in [4.78, 5) is 14.1. The number of ketones is 1. The van der Waals surface area contributed by atoms with Gasteiger partial charge in [-0.15, -0.1) is 0 Å². The third kappa shape index (κ3) is 10.1. The van der Waals surface area contributed by atoms with Crippen LogP contribution >= 0.6 is 0 Å². The molecule has 0 aromatic rings. The first-order valence-electron chi connectivity index (χ1n) is 8.22. The van der Waals surface area contributed by atoms with Crippen LogP contribution in [0.15, 0.2) is 0 Å². The Morgan fingerprint density at radius 3 is 2.00 bits per heavy atom. The molecule has 114 valence electrons. The minimum Gasteiger partial charge on any atom is -0.304 e. The van der Waals surface area contributed by atoms with Crippen LogP contribution in [0.1, 0.15) is 79.1 Å². The van der Waals surface area contributed by atoms with Crippen molar-refractivity contribution >= 4 is 5.78 Å². The highest BCUT2D eigenvalue weighted by atomic mass is 16.1. The zero-order valence-electron chi connectivity index (χ0n) is 13.9. The molecule has 0 heterocycles. The summed E-state index contributed by atoms with van der Waals surface area (Å²) in [5.74, 6) is 0.729. The number of carbonyl (C=O) groups is 1. The van der Waals surface area contributed by atoms with Crippen LogP contribution in [0.2, 0.25) is 0 Å². The number of rotatable bonds is 12. The van der Waals surface area contributed by atoms with Gasteiger partial charge in [0.25, 0.3) is 0 Å². The van der Waals surface area contributed by atoms with Gasteiger partial charge in [-0.2, -0.15) is 0 Å². The van der Waals surface area contributed by atoms with Crippen molar-refractivity contribution in [2.24, 2.45) is 5.92 Å². The Labute approximate surface area is 120 Å². The van der Waals surface area contributed by atoms with Gasteiger partial charge in [0.05, 0.1) is 0 Å². The van der Waals surface area contributed by atoms with Crippen LogP contribution in [-0.2, 0) is 4.79 Å². The van der Waals surface area contributed by atoms with E-state index in [1.165, 1.54) is 38.6 Å². The smallest absolute Gasteiger partial charge is 0.135 e. The van der Waals surface area contributed by atoms with Crippen molar-refractivity contribution in [3.8, 4) is 0 Å². The van der Waals surface area contributed by atoms with Gasteiger partial charge in [-0.3, -0.25) is 4.79 Å². The maximum Gasteiger partial charge on any atom is 0.135 e. The lowest BCUT2D eigenvalue weighted by atomic mass is 9.98. The first-order valence-corrected chi connectivity index (χ1v) is 8.22. The van der Waals surface area contributed by atoms with Gasteiger partial charge in [-0.1, -0.05) is 39.5 Å². The normalized spacial score (nSPS) is 13.2. The Bertz CT molecular complexity index is 225. The van der Waals surface area contributed by atoms with E-state index in [4.69, 9.17) is 0 Å². The lowest BCUT2D eigenvalue weighted by Crippen LogP contribution is -2.27. The van der Waals surface area contributed by atoms with E-state index in [1.807, 2.05) is 6.92 Å². The molecule has 0 saturated carbocycles. The number of carbonyl (C=O) groups excluding carboxylic acids is 1. The number of unbranched alkanes of at least 4 members (excludes halogenated alkanes) is 5. The monoisotopic (exact) mass is 269 g/mol. The standard InChI is InChI=1S/C17H35NO/c1-6-16(4)17(19)13-11-9-7-8-10-12-14-18(5)15(2)3/h15-16H,6-14H2,1-5H3. The summed E-state index contributed by atoms with van der Waals surface area (Å²) < 4.78 is 0. The largest absolute Gasteiger partial charge is 0.304 e. The van der Waals surface area contributed by atoms with Gasteiger partial charge in [0.1, 0.15) is 5.78 Å². The van der Waals surface area contributed by atoms with Gasteiger partial charge in [-0.05, 0) is 46.7 Å². The van der Waals surface area contributed by atoms with E-state index in [9.17, 15) is 4.79 Å². The third-order valence-corrected chi connectivity index (χ3v) is 4.23. The van der Waals surface area contributed by atoms with Gasteiger partial charge in [0, 0.05) is 18.4 Å². The molecule has 0 fully saturated rings. The van der Waals surface area contributed by atoms with Crippen molar-refractivity contribution in [1.82, 2.24) is 4.90 Å². The third-order valence-electron chi connectivity index (χ3n) is 4.23. The average molecular weight is 269 g/mol. The summed E-state index contributed by atoms with van der Waals surface area (Å²) in [6, 6.07) is 0.659. The van der Waals surface area contributed by atoms with Gasteiger partial charge in [0.2, 0.25) is 0 Å². The summed E-state index contributed by atoms with van der Waals surface area (Å²) >= 11 is 0. The van der Waals surface area contributed by atoms with Crippen LogP contribution in [0.5, 0.6) is 0 Å². The van der Waals surface area contributed by atoms with E-state index in [0.717, 1.165) is 19.3 Å². The highest BCUT2D eigenvalue weighted by Crippen LogP contribution is 2.12. The minimum atomic E-state index is 0.270. The second kappa shape index (κ2) is 11.5. The summed E-state index contributed by atoms with van der Waals surface area (Å²) in [5, 5.41) is 0. The number of hydrogen-bond acceptors (Lipinski definition) is 2. The van der Waals surface area contributed by atoms with Crippen LogP contribution in [-0.4, -0.2) is 30.3 Å². The minimum absolute atomic E-state index is 0.270. The fourth-order valence-corrected chi connectivity index (χ4v) is 2.10. The second-order valence-corrected chi connectivity index (χ2v) is 6.22. The molecule has 0 bridgehead atoms. The van der Waals surface area contributed by atoms with Crippen molar-refractivity contribution < 1.29 is 4.79 Å². The van der Waals surface area contributed by atoms with Crippen LogP contribution < -0.4 is 0 Å². The van der Waals surface area contributed by atoms with Crippen molar-refractivity contribution in [2.45, 2.75) is 85.1 Å². The highest BCUT2D eigenvalue weighted by Gasteiger charge is 2.09. The van der Waals surface area contributed by atoms with Gasteiger partial charge < -0.3 is 4.90 Å². The molecule has 0 amide bonds. The van der Waals surface area contributed by atoms with Crippen LogP contribution in [0.3, 0.4) is 0 Å². The molecule has 0 N–H and O–H groups in total. The Morgan fingerprint density at radius 2 is 1.47 bits per heavy atom. The maximum absolute atomic E-state index is 11.6. The molecule has 1 unspecified atom stereocenters. The predicted molar refractivity (Wildman–Crippen MR) is 84.5 cm³/mol. The topological polar surface area (TPSA) is 20.3 Å². The second-order valence-electron chi connectivity index (χ2n) is 6.22. The van der Waals surface area contributed by atoms with Crippen molar-refractivity contribution in [3.05, 3.63) is 0 Å². The van der Waals surface area contributed by atoms with Crippen LogP contribution in [0.25, 0.3) is 0 Å². The van der Waals surface area contributed by atoms with Crippen molar-refractivity contribution in [3.63, 3.8) is 0 Å². The van der Waals surface area contributed by atoms with Gasteiger partial charge >= 0.3 is 0 Å². The van der Waals surface area contributed by atoms with E-state index in [2.05, 4.69) is 32.7 Å². The lowest BCUT2D eigenvalue weighted by molar-refractivity contribution is -0.122.